The Morgan fingerprint density at radius 3 is 2.74 bits per heavy atom. The summed E-state index contributed by atoms with van der Waals surface area (Å²) in [5.41, 5.74) is 0. The normalized spacial score (nSPS) is 16.2. The van der Waals surface area contributed by atoms with Gasteiger partial charge in [0.25, 0.3) is 5.91 Å². The van der Waals surface area contributed by atoms with Gasteiger partial charge in [-0.05, 0) is 55.7 Å². The van der Waals surface area contributed by atoms with Gasteiger partial charge in [-0.3, -0.25) is 9.59 Å². The summed E-state index contributed by atoms with van der Waals surface area (Å²) in [4.78, 5) is 27.0. The average Bonchev–Trinajstić information content (AvgIpc) is 3.27. The molecule has 1 aliphatic rings. The van der Waals surface area contributed by atoms with Crippen LogP contribution in [0.15, 0.2) is 40.8 Å². The molecule has 1 aromatic carbocycles. The highest BCUT2D eigenvalue weighted by molar-refractivity contribution is 5.92. The summed E-state index contributed by atoms with van der Waals surface area (Å²) in [6, 6.07) is 9.03. The van der Waals surface area contributed by atoms with Gasteiger partial charge in [0.05, 0.1) is 5.92 Å². The number of nitrogens with zero attached hydrogens (tertiary/aromatic N) is 1. The molecule has 0 radical (unpaired) electrons. The molecule has 168 valence electrons. The van der Waals surface area contributed by atoms with Crippen molar-refractivity contribution in [2.45, 2.75) is 52.1 Å². The fraction of sp³-hybridized carbons (Fsp3) is 0.500. The van der Waals surface area contributed by atoms with Crippen LogP contribution in [0, 0.1) is 11.7 Å². The molecule has 1 fully saturated rings. The Hall–Kier alpha value is -2.83. The van der Waals surface area contributed by atoms with Crippen LogP contribution in [-0.4, -0.2) is 36.3 Å². The number of rotatable bonds is 10. The van der Waals surface area contributed by atoms with Crippen LogP contribution in [0.5, 0.6) is 5.75 Å². The number of hydrogen-bond acceptors (Lipinski definition) is 4. The quantitative estimate of drug-likeness (QED) is 0.562. The molecular weight excluding hydrogens is 399 g/mol. The molecule has 7 heteroatoms. The highest BCUT2D eigenvalue weighted by atomic mass is 19.1. The number of amides is 2. The van der Waals surface area contributed by atoms with E-state index in [9.17, 15) is 14.0 Å². The Morgan fingerprint density at radius 1 is 1.16 bits per heavy atom. The van der Waals surface area contributed by atoms with Crippen molar-refractivity contribution in [1.29, 1.82) is 0 Å². The van der Waals surface area contributed by atoms with Gasteiger partial charge in [-0.1, -0.05) is 26.2 Å². The molecule has 1 unspecified atom stereocenters. The lowest BCUT2D eigenvalue weighted by molar-refractivity contribution is -0.126. The maximum atomic E-state index is 13.0. The zero-order chi connectivity index (χ0) is 22.1. The summed E-state index contributed by atoms with van der Waals surface area (Å²) in [7, 11) is 0. The standard InChI is InChI=1S/C24H31FN2O4/c1-2-3-4-5-14-26-23(28)18-7-6-15-27(16-18)24(29)22-13-12-21(31-22)17-30-20-10-8-19(25)9-11-20/h8-13,18H,2-7,14-17H2,1H3,(H,26,28). The smallest absolute Gasteiger partial charge is 0.289 e. The van der Waals surface area contributed by atoms with Crippen molar-refractivity contribution in [3.63, 3.8) is 0 Å². The molecule has 1 atom stereocenters. The van der Waals surface area contributed by atoms with E-state index in [0.29, 0.717) is 31.1 Å². The maximum Gasteiger partial charge on any atom is 0.289 e. The average molecular weight is 431 g/mol. The first kappa shape index (κ1) is 22.8. The second-order valence-corrected chi connectivity index (χ2v) is 7.95. The Balaban J connectivity index is 1.48. The van der Waals surface area contributed by atoms with E-state index in [1.165, 1.54) is 37.1 Å². The van der Waals surface area contributed by atoms with E-state index in [4.69, 9.17) is 9.15 Å². The SMILES string of the molecule is CCCCCCNC(=O)C1CCCN(C(=O)c2ccc(COc3ccc(F)cc3)o2)C1. The van der Waals surface area contributed by atoms with Gasteiger partial charge >= 0.3 is 0 Å². The van der Waals surface area contributed by atoms with Crippen LogP contribution in [-0.2, 0) is 11.4 Å². The van der Waals surface area contributed by atoms with E-state index in [0.717, 1.165) is 25.7 Å². The van der Waals surface area contributed by atoms with E-state index < -0.39 is 0 Å². The first-order chi connectivity index (χ1) is 15.1. The van der Waals surface area contributed by atoms with Crippen molar-refractivity contribution in [3.8, 4) is 5.75 Å². The van der Waals surface area contributed by atoms with E-state index in [1.54, 1.807) is 17.0 Å². The van der Waals surface area contributed by atoms with E-state index in [2.05, 4.69) is 12.2 Å². The monoisotopic (exact) mass is 430 g/mol. The zero-order valence-corrected chi connectivity index (χ0v) is 18.1. The van der Waals surface area contributed by atoms with E-state index in [-0.39, 0.29) is 35.9 Å². The maximum absolute atomic E-state index is 13.0. The number of nitrogens with one attached hydrogen (secondary N) is 1. The molecule has 2 amide bonds. The number of carbonyl (C=O) groups is 2. The zero-order valence-electron chi connectivity index (χ0n) is 18.1. The van der Waals surface area contributed by atoms with Crippen LogP contribution in [0.3, 0.4) is 0 Å². The Bertz CT molecular complexity index is 850. The van der Waals surface area contributed by atoms with Crippen LogP contribution in [0.1, 0.15) is 61.8 Å². The van der Waals surface area contributed by atoms with Crippen molar-refractivity contribution >= 4 is 11.8 Å². The van der Waals surface area contributed by atoms with Crippen molar-refractivity contribution in [2.24, 2.45) is 5.92 Å². The van der Waals surface area contributed by atoms with E-state index >= 15 is 0 Å². The third-order valence-electron chi connectivity index (χ3n) is 5.48. The molecule has 0 saturated carbocycles. The summed E-state index contributed by atoms with van der Waals surface area (Å²) in [6.07, 6.45) is 6.05. The van der Waals surface area contributed by atoms with Gasteiger partial charge in [-0.2, -0.15) is 0 Å². The van der Waals surface area contributed by atoms with Crippen molar-refractivity contribution in [3.05, 3.63) is 53.7 Å². The molecule has 31 heavy (non-hydrogen) atoms. The second-order valence-electron chi connectivity index (χ2n) is 7.95. The number of unbranched alkanes of at least 4 members (excludes halogenated alkanes) is 3. The molecule has 1 saturated heterocycles. The minimum Gasteiger partial charge on any atom is -0.486 e. The van der Waals surface area contributed by atoms with Gasteiger partial charge in [0.15, 0.2) is 5.76 Å². The highest BCUT2D eigenvalue weighted by Gasteiger charge is 2.30. The van der Waals surface area contributed by atoms with Gasteiger partial charge in [-0.25, -0.2) is 4.39 Å². The summed E-state index contributed by atoms with van der Waals surface area (Å²) in [5, 5.41) is 3.01. The Morgan fingerprint density at radius 2 is 1.97 bits per heavy atom. The number of halogens is 1. The molecular formula is C24H31FN2O4. The summed E-state index contributed by atoms with van der Waals surface area (Å²) < 4.78 is 24.2. The highest BCUT2D eigenvalue weighted by Crippen LogP contribution is 2.21. The molecule has 2 aromatic rings. The van der Waals surface area contributed by atoms with Crippen LogP contribution < -0.4 is 10.1 Å². The van der Waals surface area contributed by atoms with Crippen LogP contribution in [0.25, 0.3) is 0 Å². The van der Waals surface area contributed by atoms with Gasteiger partial charge < -0.3 is 19.4 Å². The number of hydrogen-bond donors (Lipinski definition) is 1. The van der Waals surface area contributed by atoms with Crippen LogP contribution in [0.2, 0.25) is 0 Å². The second kappa shape index (κ2) is 11.5. The first-order valence-electron chi connectivity index (χ1n) is 11.1. The number of ether oxygens (including phenoxy) is 1. The predicted octanol–water partition coefficient (Wildman–Crippen LogP) is 4.55. The van der Waals surface area contributed by atoms with Crippen LogP contribution >= 0.6 is 0 Å². The van der Waals surface area contributed by atoms with E-state index in [1.807, 2.05) is 0 Å². The molecule has 1 aromatic heterocycles. The first-order valence-corrected chi connectivity index (χ1v) is 11.1. The molecule has 2 heterocycles. The molecule has 1 aliphatic heterocycles. The van der Waals surface area contributed by atoms with Gasteiger partial charge in [-0.15, -0.1) is 0 Å². The summed E-state index contributed by atoms with van der Waals surface area (Å²) in [5.74, 6) is 0.563. The topological polar surface area (TPSA) is 71.8 Å². The van der Waals surface area contributed by atoms with Gasteiger partial charge in [0.2, 0.25) is 5.91 Å². The van der Waals surface area contributed by atoms with Gasteiger partial charge in [0.1, 0.15) is 23.9 Å². The number of carbonyl (C=O) groups excluding carboxylic acids is 2. The minimum atomic E-state index is -0.330. The largest absolute Gasteiger partial charge is 0.486 e. The lowest BCUT2D eigenvalue weighted by atomic mass is 9.97. The number of benzene rings is 1. The fourth-order valence-corrected chi connectivity index (χ4v) is 3.69. The molecule has 3 rings (SSSR count). The van der Waals surface area contributed by atoms with Crippen LogP contribution in [0.4, 0.5) is 4.39 Å². The molecule has 0 bridgehead atoms. The predicted molar refractivity (Wildman–Crippen MR) is 115 cm³/mol. The molecule has 0 spiro atoms. The molecule has 1 N–H and O–H groups in total. The van der Waals surface area contributed by atoms with Gasteiger partial charge in [0, 0.05) is 19.6 Å². The minimum absolute atomic E-state index is 0.0295. The fourth-order valence-electron chi connectivity index (χ4n) is 3.69. The third-order valence-corrected chi connectivity index (χ3v) is 5.48. The van der Waals surface area contributed by atoms with Crippen molar-refractivity contribution < 1.29 is 23.1 Å². The van der Waals surface area contributed by atoms with Crippen molar-refractivity contribution in [1.82, 2.24) is 10.2 Å². The summed E-state index contributed by atoms with van der Waals surface area (Å²) in [6.45, 7) is 4.01. The number of likely N-dealkylation sites (tertiary alicyclic amines) is 1. The Kier molecular flexibility index (Phi) is 8.50. The molecule has 6 nitrogen and oxygen atoms in total. The lowest BCUT2D eigenvalue weighted by Crippen LogP contribution is -2.45. The Labute approximate surface area is 182 Å². The van der Waals surface area contributed by atoms with Crippen molar-refractivity contribution in [2.75, 3.05) is 19.6 Å². The number of furan rings is 1. The third kappa shape index (κ3) is 6.84. The number of piperidine rings is 1. The lowest BCUT2D eigenvalue weighted by Gasteiger charge is -2.31. The summed E-state index contributed by atoms with van der Waals surface area (Å²) >= 11 is 0. The molecule has 0 aliphatic carbocycles.